The molecule has 29 heavy (non-hydrogen) atoms. The van der Waals surface area contributed by atoms with Gasteiger partial charge in [0.1, 0.15) is 5.82 Å². The van der Waals surface area contributed by atoms with E-state index in [-0.39, 0.29) is 11.7 Å². The predicted molar refractivity (Wildman–Crippen MR) is 115 cm³/mol. The third-order valence-electron chi connectivity index (χ3n) is 4.65. The molecule has 0 atom stereocenters. The normalized spacial score (nSPS) is 10.6. The molecule has 0 amide bonds. The lowest BCUT2D eigenvalue weighted by Crippen LogP contribution is -2.00. The van der Waals surface area contributed by atoms with Crippen molar-refractivity contribution in [3.05, 3.63) is 86.7 Å². The Hall–Kier alpha value is -3.08. The van der Waals surface area contributed by atoms with Crippen LogP contribution in [-0.4, -0.2) is 9.78 Å². The van der Waals surface area contributed by atoms with Crippen LogP contribution in [0.25, 0.3) is 10.5 Å². The van der Waals surface area contributed by atoms with Crippen molar-refractivity contribution in [3.8, 4) is 17.5 Å². The van der Waals surface area contributed by atoms with E-state index in [1.165, 1.54) is 0 Å². The zero-order valence-electron chi connectivity index (χ0n) is 16.8. The van der Waals surface area contributed by atoms with Gasteiger partial charge < -0.3 is 0 Å². The molecule has 3 nitrogen and oxygen atoms in total. The van der Waals surface area contributed by atoms with Gasteiger partial charge in [-0.1, -0.05) is 49.4 Å². The Balaban J connectivity index is 1.92. The second-order valence-electron chi connectivity index (χ2n) is 7.22. The van der Waals surface area contributed by atoms with Crippen molar-refractivity contribution >= 4 is 17.3 Å². The highest BCUT2D eigenvalue weighted by atomic mass is 35.5. The smallest absolute Gasteiger partial charge is 0.205 e. The summed E-state index contributed by atoms with van der Waals surface area (Å²) in [5.74, 6) is 5.77. The third kappa shape index (κ3) is 4.50. The molecule has 3 aromatic rings. The SMILES string of the molecule is [C-]#[N+]c1ccc(-n2nc(C)c(Cc3ccc(C#CC(C)C)c(F)c3)c2C)cc1Cl. The predicted octanol–water partition coefficient (Wildman–Crippen LogP) is 6.43. The van der Waals surface area contributed by atoms with Crippen LogP contribution in [0.3, 0.4) is 0 Å². The molecule has 0 N–H and O–H groups in total. The zero-order chi connectivity index (χ0) is 21.1. The molecule has 0 saturated carbocycles. The van der Waals surface area contributed by atoms with Gasteiger partial charge in [0, 0.05) is 28.6 Å². The molecule has 3 rings (SSSR count). The monoisotopic (exact) mass is 405 g/mol. The van der Waals surface area contributed by atoms with E-state index >= 15 is 0 Å². The fourth-order valence-corrected chi connectivity index (χ4v) is 3.31. The highest BCUT2D eigenvalue weighted by Gasteiger charge is 2.15. The lowest BCUT2D eigenvalue weighted by Gasteiger charge is -2.07. The number of aromatic nitrogens is 2. The number of rotatable bonds is 3. The maximum atomic E-state index is 14.4. The Kier molecular flexibility index (Phi) is 6.06. The van der Waals surface area contributed by atoms with Gasteiger partial charge in [0.25, 0.3) is 0 Å². The van der Waals surface area contributed by atoms with Gasteiger partial charge >= 0.3 is 0 Å². The fraction of sp³-hybridized carbons (Fsp3) is 0.250. The molecule has 0 saturated heterocycles. The van der Waals surface area contributed by atoms with Crippen molar-refractivity contribution in [2.24, 2.45) is 5.92 Å². The van der Waals surface area contributed by atoms with Crippen molar-refractivity contribution < 1.29 is 4.39 Å². The van der Waals surface area contributed by atoms with E-state index < -0.39 is 0 Å². The summed E-state index contributed by atoms with van der Waals surface area (Å²) in [4.78, 5) is 3.39. The first-order chi connectivity index (χ1) is 13.8. The minimum atomic E-state index is -0.306. The largest absolute Gasteiger partial charge is 0.238 e. The van der Waals surface area contributed by atoms with Crippen LogP contribution >= 0.6 is 11.6 Å². The zero-order valence-corrected chi connectivity index (χ0v) is 17.6. The Morgan fingerprint density at radius 3 is 2.59 bits per heavy atom. The van der Waals surface area contributed by atoms with Gasteiger partial charge in [0.15, 0.2) is 0 Å². The van der Waals surface area contributed by atoms with Gasteiger partial charge in [0.05, 0.1) is 23.5 Å². The van der Waals surface area contributed by atoms with E-state index in [0.29, 0.717) is 22.7 Å². The molecular formula is C24H21ClFN3. The molecule has 0 bridgehead atoms. The van der Waals surface area contributed by atoms with Gasteiger partial charge in [-0.15, -0.1) is 0 Å². The minimum Gasteiger partial charge on any atom is -0.238 e. The highest BCUT2D eigenvalue weighted by Crippen LogP contribution is 2.29. The molecule has 0 spiro atoms. The fourth-order valence-electron chi connectivity index (χ4n) is 3.10. The topological polar surface area (TPSA) is 22.2 Å². The van der Waals surface area contributed by atoms with Gasteiger partial charge in [0.2, 0.25) is 5.69 Å². The van der Waals surface area contributed by atoms with E-state index in [9.17, 15) is 4.39 Å². The molecule has 0 aliphatic carbocycles. The van der Waals surface area contributed by atoms with E-state index in [1.54, 1.807) is 24.3 Å². The highest BCUT2D eigenvalue weighted by molar-refractivity contribution is 6.33. The maximum Gasteiger partial charge on any atom is 0.205 e. The summed E-state index contributed by atoms with van der Waals surface area (Å²) >= 11 is 6.18. The number of hydrogen-bond donors (Lipinski definition) is 0. The van der Waals surface area contributed by atoms with Crippen LogP contribution in [0, 0.1) is 44.0 Å². The number of nitrogens with zero attached hydrogens (tertiary/aromatic N) is 3. The Morgan fingerprint density at radius 1 is 1.21 bits per heavy atom. The Morgan fingerprint density at radius 2 is 1.97 bits per heavy atom. The van der Waals surface area contributed by atoms with Crippen LogP contribution in [0.5, 0.6) is 0 Å². The molecule has 0 fully saturated rings. The standard InChI is InChI=1S/C24H21ClFN3/c1-15(2)6-8-19-9-7-18(13-23(19)26)12-21-16(3)28-29(17(21)4)20-10-11-24(27-5)22(25)14-20/h7,9-11,13-15H,12H2,1-4H3. The molecular weight excluding hydrogens is 385 g/mol. The molecule has 0 radical (unpaired) electrons. The summed E-state index contributed by atoms with van der Waals surface area (Å²) in [6.45, 7) is 15.0. The lowest BCUT2D eigenvalue weighted by molar-refractivity contribution is 0.622. The molecule has 1 heterocycles. The van der Waals surface area contributed by atoms with E-state index in [4.69, 9.17) is 18.2 Å². The third-order valence-corrected chi connectivity index (χ3v) is 4.95. The number of halogens is 2. The van der Waals surface area contributed by atoms with Crippen LogP contribution in [0.15, 0.2) is 36.4 Å². The van der Waals surface area contributed by atoms with Crippen LogP contribution in [-0.2, 0) is 6.42 Å². The van der Waals surface area contributed by atoms with Crippen molar-refractivity contribution in [1.82, 2.24) is 9.78 Å². The average molecular weight is 406 g/mol. The molecule has 146 valence electrons. The maximum absolute atomic E-state index is 14.4. The van der Waals surface area contributed by atoms with Crippen molar-refractivity contribution in [1.29, 1.82) is 0 Å². The van der Waals surface area contributed by atoms with Crippen molar-refractivity contribution in [2.45, 2.75) is 34.1 Å². The first-order valence-corrected chi connectivity index (χ1v) is 9.70. The number of aryl methyl sites for hydroxylation is 1. The van der Waals surface area contributed by atoms with Crippen molar-refractivity contribution in [3.63, 3.8) is 0 Å². The van der Waals surface area contributed by atoms with E-state index in [1.807, 2.05) is 44.5 Å². The first kappa shape index (κ1) is 20.6. The van der Waals surface area contributed by atoms with Crippen LogP contribution < -0.4 is 0 Å². The minimum absolute atomic E-state index is 0.197. The van der Waals surface area contributed by atoms with Crippen LogP contribution in [0.4, 0.5) is 10.1 Å². The summed E-state index contributed by atoms with van der Waals surface area (Å²) in [6, 6.07) is 10.4. The number of benzene rings is 2. The second-order valence-corrected chi connectivity index (χ2v) is 7.63. The lowest BCUT2D eigenvalue weighted by atomic mass is 10.0. The van der Waals surface area contributed by atoms with Gasteiger partial charge in [-0.05, 0) is 43.7 Å². The van der Waals surface area contributed by atoms with Gasteiger partial charge in [-0.25, -0.2) is 13.9 Å². The molecule has 1 aromatic heterocycles. The van der Waals surface area contributed by atoms with Crippen LogP contribution in [0.1, 0.15) is 41.9 Å². The van der Waals surface area contributed by atoms with E-state index in [2.05, 4.69) is 21.8 Å². The summed E-state index contributed by atoms with van der Waals surface area (Å²) in [7, 11) is 0. The number of hydrogen-bond acceptors (Lipinski definition) is 1. The van der Waals surface area contributed by atoms with Gasteiger partial charge in [-0.2, -0.15) is 5.10 Å². The second kappa shape index (κ2) is 8.52. The summed E-state index contributed by atoms with van der Waals surface area (Å²) in [5, 5.41) is 5.02. The van der Waals surface area contributed by atoms with Gasteiger partial charge in [-0.3, -0.25) is 0 Å². The molecule has 5 heteroatoms. The molecule has 0 aliphatic rings. The summed E-state index contributed by atoms with van der Waals surface area (Å²) in [5.41, 5.74) is 5.35. The van der Waals surface area contributed by atoms with Crippen LogP contribution in [0.2, 0.25) is 5.02 Å². The Labute approximate surface area is 176 Å². The summed E-state index contributed by atoms with van der Waals surface area (Å²) < 4.78 is 16.2. The molecule has 0 aliphatic heterocycles. The van der Waals surface area contributed by atoms with Crippen molar-refractivity contribution in [2.75, 3.05) is 0 Å². The molecule has 0 unspecified atom stereocenters. The first-order valence-electron chi connectivity index (χ1n) is 9.32. The summed E-state index contributed by atoms with van der Waals surface area (Å²) in [6.07, 6.45) is 0.570. The Bertz CT molecular complexity index is 1170. The molecule has 2 aromatic carbocycles. The average Bonchev–Trinajstić information content (AvgIpc) is 2.95. The van der Waals surface area contributed by atoms with E-state index in [0.717, 1.165) is 28.2 Å². The quantitative estimate of drug-likeness (QED) is 0.363.